The molecular weight excluding hydrogens is 396 g/mol. The summed E-state index contributed by atoms with van der Waals surface area (Å²) in [5.74, 6) is 0. The second-order valence-corrected chi connectivity index (χ2v) is 8.71. The van der Waals surface area contributed by atoms with Gasteiger partial charge in [-0.3, -0.25) is 0 Å². The molecule has 0 aliphatic carbocycles. The first kappa shape index (κ1) is 26.2. The predicted octanol–water partition coefficient (Wildman–Crippen LogP) is 9.51. The molecule has 0 nitrogen and oxygen atoms in total. The summed E-state index contributed by atoms with van der Waals surface area (Å²) in [4.78, 5) is 0. The van der Waals surface area contributed by atoms with Gasteiger partial charge in [0.05, 0.1) is 0 Å². The van der Waals surface area contributed by atoms with Crippen molar-refractivity contribution in [1.82, 2.24) is 0 Å². The summed E-state index contributed by atoms with van der Waals surface area (Å²) in [6.07, 6.45) is 10.7. The number of aryl methyl sites for hydroxylation is 3. The molecular formula is C33H40. The van der Waals surface area contributed by atoms with E-state index in [0.29, 0.717) is 0 Å². The van der Waals surface area contributed by atoms with Crippen LogP contribution in [-0.4, -0.2) is 0 Å². The summed E-state index contributed by atoms with van der Waals surface area (Å²) < 4.78 is 0. The smallest absolute Gasteiger partial charge is 0.00339 e. The predicted molar refractivity (Wildman–Crippen MR) is 148 cm³/mol. The van der Waals surface area contributed by atoms with E-state index in [1.165, 1.54) is 50.1 Å². The number of rotatable bonds is 10. The maximum Gasteiger partial charge on any atom is -0.00339 e. The largest absolute Gasteiger partial charge is 0.125 e. The van der Waals surface area contributed by atoms with Crippen molar-refractivity contribution in [3.8, 4) is 0 Å². The molecule has 0 unspecified atom stereocenters. The molecule has 0 heterocycles. The van der Waals surface area contributed by atoms with Crippen molar-refractivity contribution in [2.45, 2.75) is 67.2 Å². The summed E-state index contributed by atoms with van der Waals surface area (Å²) in [6.45, 7) is 21.3. The van der Waals surface area contributed by atoms with E-state index in [4.69, 9.17) is 0 Å². The average molecular weight is 437 g/mol. The Kier molecular flexibility index (Phi) is 10.2. The Hall–Kier alpha value is -3.08. The van der Waals surface area contributed by atoms with Crippen LogP contribution < -0.4 is 0 Å². The summed E-state index contributed by atoms with van der Waals surface area (Å²) in [6, 6.07) is 15.5. The molecule has 2 rings (SSSR count). The molecule has 172 valence electrons. The van der Waals surface area contributed by atoms with Crippen molar-refractivity contribution >= 4 is 5.57 Å². The zero-order chi connectivity index (χ0) is 24.4. The van der Waals surface area contributed by atoms with E-state index in [1.807, 2.05) is 0 Å². The molecule has 0 aromatic heterocycles. The van der Waals surface area contributed by atoms with Gasteiger partial charge in [-0.1, -0.05) is 93.3 Å². The number of allylic oxidation sites excluding steroid dienone is 7. The van der Waals surface area contributed by atoms with Crippen LogP contribution in [0.3, 0.4) is 0 Å². The van der Waals surface area contributed by atoms with E-state index in [-0.39, 0.29) is 0 Å². The first-order chi connectivity index (χ1) is 15.8. The minimum Gasteiger partial charge on any atom is -0.125 e. The number of benzene rings is 2. The van der Waals surface area contributed by atoms with Crippen LogP contribution in [0.25, 0.3) is 5.57 Å². The standard InChI is InChI=1S/C33H40/c1-9-13-32(25(6)10-2)23-26(7)29(11-3)18-15-28-16-19-31(20-17-28)27(8)33-21-14-24(5)22-30(33)12-4/h10,13-14,16-17,19-23H,3,8-9,12,15,18H2,1-2,4-7H3. The Bertz CT molecular complexity index is 1110. The lowest BCUT2D eigenvalue weighted by molar-refractivity contribution is 0.949. The fourth-order valence-electron chi connectivity index (χ4n) is 4.07. The van der Waals surface area contributed by atoms with Crippen molar-refractivity contribution in [3.05, 3.63) is 130 Å². The Morgan fingerprint density at radius 1 is 1.00 bits per heavy atom. The van der Waals surface area contributed by atoms with Crippen LogP contribution in [0.5, 0.6) is 0 Å². The number of hydrogen-bond donors (Lipinski definition) is 0. The van der Waals surface area contributed by atoms with Gasteiger partial charge in [-0.05, 0) is 103 Å². The Labute approximate surface area is 202 Å². The fraction of sp³-hybridized carbons (Fsp3) is 0.303. The van der Waals surface area contributed by atoms with Crippen molar-refractivity contribution in [2.24, 2.45) is 0 Å². The van der Waals surface area contributed by atoms with E-state index >= 15 is 0 Å². The molecule has 0 radical (unpaired) electrons. The summed E-state index contributed by atoms with van der Waals surface area (Å²) in [7, 11) is 0. The maximum atomic E-state index is 4.40. The van der Waals surface area contributed by atoms with Gasteiger partial charge in [0.2, 0.25) is 0 Å². The first-order valence-corrected chi connectivity index (χ1v) is 12.1. The third-order valence-electron chi connectivity index (χ3n) is 6.31. The molecule has 0 N–H and O–H groups in total. The first-order valence-electron chi connectivity index (χ1n) is 12.1. The van der Waals surface area contributed by atoms with Gasteiger partial charge in [-0.15, -0.1) is 5.73 Å². The van der Waals surface area contributed by atoms with Crippen molar-refractivity contribution in [1.29, 1.82) is 0 Å². The van der Waals surface area contributed by atoms with Crippen molar-refractivity contribution in [2.75, 3.05) is 0 Å². The lowest BCUT2D eigenvalue weighted by Gasteiger charge is -2.13. The number of hydrogen-bond acceptors (Lipinski definition) is 0. The molecule has 0 spiro atoms. The minimum atomic E-state index is 0.929. The molecule has 0 heteroatoms. The molecule has 33 heavy (non-hydrogen) atoms. The Morgan fingerprint density at radius 3 is 2.27 bits per heavy atom. The zero-order valence-corrected chi connectivity index (χ0v) is 21.5. The molecule has 0 aliphatic rings. The molecule has 0 bridgehead atoms. The zero-order valence-electron chi connectivity index (χ0n) is 21.5. The normalized spacial score (nSPS) is 12.5. The Balaban J connectivity index is 2.13. The highest BCUT2D eigenvalue weighted by molar-refractivity contribution is 5.80. The van der Waals surface area contributed by atoms with Crippen molar-refractivity contribution < 1.29 is 0 Å². The highest BCUT2D eigenvalue weighted by Gasteiger charge is 2.08. The average Bonchev–Trinajstić information content (AvgIpc) is 2.83. The topological polar surface area (TPSA) is 0 Å². The molecule has 0 fully saturated rings. The Morgan fingerprint density at radius 2 is 1.70 bits per heavy atom. The minimum absolute atomic E-state index is 0.929. The quantitative estimate of drug-likeness (QED) is 0.257. The van der Waals surface area contributed by atoms with E-state index in [9.17, 15) is 0 Å². The lowest BCUT2D eigenvalue weighted by atomic mass is 9.91. The maximum absolute atomic E-state index is 4.40. The van der Waals surface area contributed by atoms with Gasteiger partial charge in [0.25, 0.3) is 0 Å². The second-order valence-electron chi connectivity index (χ2n) is 8.71. The van der Waals surface area contributed by atoms with Gasteiger partial charge in [-0.2, -0.15) is 0 Å². The van der Waals surface area contributed by atoms with Gasteiger partial charge in [-0.25, -0.2) is 0 Å². The van der Waals surface area contributed by atoms with Crippen LogP contribution in [0, 0.1) is 6.92 Å². The molecule has 0 saturated heterocycles. The summed E-state index contributed by atoms with van der Waals surface area (Å²) >= 11 is 0. The monoisotopic (exact) mass is 436 g/mol. The highest BCUT2D eigenvalue weighted by Crippen LogP contribution is 2.27. The second kappa shape index (κ2) is 12.8. The summed E-state index contributed by atoms with van der Waals surface area (Å²) in [5, 5.41) is 0. The fourth-order valence-corrected chi connectivity index (χ4v) is 4.07. The van der Waals surface area contributed by atoms with Gasteiger partial charge in [0.1, 0.15) is 0 Å². The SMILES string of the molecule is C=C=C(CCc1ccc(C(=C)c2ccc(C)cc2CC)cc1)C(C)=CC(=CCC)C(C)=CC. The molecule has 0 amide bonds. The van der Waals surface area contributed by atoms with Crippen LogP contribution in [-0.2, 0) is 12.8 Å². The van der Waals surface area contributed by atoms with E-state index < -0.39 is 0 Å². The summed E-state index contributed by atoms with van der Waals surface area (Å²) in [5.41, 5.74) is 15.7. The van der Waals surface area contributed by atoms with E-state index in [2.05, 4.69) is 121 Å². The van der Waals surface area contributed by atoms with Crippen LogP contribution >= 0.6 is 0 Å². The molecule has 2 aromatic carbocycles. The molecule has 0 aliphatic heterocycles. The lowest BCUT2D eigenvalue weighted by Crippen LogP contribution is -1.95. The van der Waals surface area contributed by atoms with Crippen LogP contribution in [0.2, 0.25) is 0 Å². The van der Waals surface area contributed by atoms with Gasteiger partial charge >= 0.3 is 0 Å². The van der Waals surface area contributed by atoms with Gasteiger partial charge < -0.3 is 0 Å². The molecule has 0 saturated carbocycles. The molecule has 0 atom stereocenters. The third-order valence-corrected chi connectivity index (χ3v) is 6.31. The van der Waals surface area contributed by atoms with Gasteiger partial charge in [0, 0.05) is 0 Å². The van der Waals surface area contributed by atoms with Crippen LogP contribution in [0.4, 0.5) is 0 Å². The van der Waals surface area contributed by atoms with Crippen molar-refractivity contribution in [3.63, 3.8) is 0 Å². The third kappa shape index (κ3) is 7.21. The molecule has 2 aromatic rings. The highest BCUT2D eigenvalue weighted by atomic mass is 14.1. The van der Waals surface area contributed by atoms with E-state index in [1.54, 1.807) is 0 Å². The van der Waals surface area contributed by atoms with Crippen LogP contribution in [0.1, 0.15) is 75.3 Å². The van der Waals surface area contributed by atoms with Gasteiger partial charge in [0.15, 0.2) is 0 Å². The van der Waals surface area contributed by atoms with Crippen LogP contribution in [0.15, 0.2) is 102 Å². The van der Waals surface area contributed by atoms with E-state index in [0.717, 1.165) is 31.3 Å².